The Morgan fingerprint density at radius 1 is 0.964 bits per heavy atom. The minimum atomic E-state index is -0.796. The highest BCUT2D eigenvalue weighted by atomic mass is 16.5. The summed E-state index contributed by atoms with van der Waals surface area (Å²) in [5.41, 5.74) is 7.26. The molecule has 1 heterocycles. The minimum Gasteiger partial charge on any atom is -0.497 e. The maximum Gasteiger partial charge on any atom is 0.280 e. The van der Waals surface area contributed by atoms with Crippen molar-refractivity contribution in [2.24, 2.45) is 5.73 Å². The van der Waals surface area contributed by atoms with Crippen molar-refractivity contribution in [2.45, 2.75) is 13.5 Å². The van der Waals surface area contributed by atoms with Crippen molar-refractivity contribution in [3.63, 3.8) is 0 Å². The van der Waals surface area contributed by atoms with Crippen LogP contribution in [0, 0.1) is 0 Å². The molecule has 0 atom stereocenters. The lowest BCUT2D eigenvalue weighted by molar-refractivity contribution is 0.0998. The van der Waals surface area contributed by atoms with Gasteiger partial charge in [0.2, 0.25) is 0 Å². The van der Waals surface area contributed by atoms with E-state index in [1.807, 2.05) is 12.1 Å². The van der Waals surface area contributed by atoms with Crippen molar-refractivity contribution in [3.05, 3.63) is 64.4 Å². The Labute approximate surface area is 162 Å². The van der Waals surface area contributed by atoms with Crippen LogP contribution in [0.25, 0.3) is 22.4 Å². The lowest BCUT2D eigenvalue weighted by Gasteiger charge is -2.16. The molecule has 0 aliphatic carbocycles. The molecule has 144 valence electrons. The fourth-order valence-corrected chi connectivity index (χ4v) is 3.00. The summed E-state index contributed by atoms with van der Waals surface area (Å²) in [6.45, 7) is 2.09. The first kappa shape index (κ1) is 19.2. The van der Waals surface area contributed by atoms with Crippen LogP contribution >= 0.6 is 0 Å². The van der Waals surface area contributed by atoms with Crippen molar-refractivity contribution in [1.29, 1.82) is 0 Å². The first-order chi connectivity index (χ1) is 13.5. The second kappa shape index (κ2) is 7.96. The topological polar surface area (TPSA) is 96.4 Å². The molecular formula is C21H21N3O4. The molecule has 0 spiro atoms. The van der Waals surface area contributed by atoms with Crippen LogP contribution < -0.4 is 20.8 Å². The molecule has 0 saturated heterocycles. The van der Waals surface area contributed by atoms with Gasteiger partial charge in [-0.05, 0) is 48.9 Å². The Morgan fingerprint density at radius 3 is 1.89 bits per heavy atom. The summed E-state index contributed by atoms with van der Waals surface area (Å²) >= 11 is 0. The number of ether oxygens (including phenoxy) is 2. The fraction of sp³-hybridized carbons (Fsp3) is 0.190. The largest absolute Gasteiger partial charge is 0.497 e. The van der Waals surface area contributed by atoms with Crippen molar-refractivity contribution in [2.75, 3.05) is 14.2 Å². The molecule has 0 radical (unpaired) electrons. The SMILES string of the molecule is CCn1nc(-c2ccc(OC)cc2)c(-c2ccc(OC)cc2)c(C(N)=O)c1=O. The monoisotopic (exact) mass is 379 g/mol. The molecule has 1 aromatic heterocycles. The molecule has 3 rings (SSSR count). The van der Waals surface area contributed by atoms with Crippen LogP contribution in [0.15, 0.2) is 53.3 Å². The van der Waals surface area contributed by atoms with Gasteiger partial charge in [-0.1, -0.05) is 12.1 Å². The molecule has 0 fully saturated rings. The molecule has 3 aromatic rings. The Morgan fingerprint density at radius 2 is 1.46 bits per heavy atom. The predicted octanol–water partition coefficient (Wildman–Crippen LogP) is 2.71. The molecule has 2 aromatic carbocycles. The van der Waals surface area contributed by atoms with Crippen LogP contribution in [0.5, 0.6) is 11.5 Å². The molecule has 28 heavy (non-hydrogen) atoms. The van der Waals surface area contributed by atoms with Crippen molar-refractivity contribution >= 4 is 5.91 Å². The fourth-order valence-electron chi connectivity index (χ4n) is 3.00. The second-order valence-electron chi connectivity index (χ2n) is 6.04. The quantitative estimate of drug-likeness (QED) is 0.710. The van der Waals surface area contributed by atoms with Crippen LogP contribution in [0.2, 0.25) is 0 Å². The molecular weight excluding hydrogens is 358 g/mol. The zero-order valence-corrected chi connectivity index (χ0v) is 15.9. The maximum atomic E-state index is 12.8. The van der Waals surface area contributed by atoms with Crippen molar-refractivity contribution < 1.29 is 14.3 Å². The van der Waals surface area contributed by atoms with E-state index in [4.69, 9.17) is 15.2 Å². The number of primary amides is 1. The number of nitrogens with zero attached hydrogens (tertiary/aromatic N) is 2. The normalized spacial score (nSPS) is 10.5. The van der Waals surface area contributed by atoms with Crippen LogP contribution in [-0.2, 0) is 6.54 Å². The van der Waals surface area contributed by atoms with Crippen LogP contribution in [0.3, 0.4) is 0 Å². The van der Waals surface area contributed by atoms with Gasteiger partial charge in [-0.15, -0.1) is 0 Å². The third-order valence-electron chi connectivity index (χ3n) is 4.44. The van der Waals surface area contributed by atoms with Gasteiger partial charge in [0.05, 0.1) is 19.9 Å². The smallest absolute Gasteiger partial charge is 0.280 e. The van der Waals surface area contributed by atoms with Crippen molar-refractivity contribution in [1.82, 2.24) is 9.78 Å². The summed E-state index contributed by atoms with van der Waals surface area (Å²) in [7, 11) is 3.15. The van der Waals surface area contributed by atoms with E-state index in [0.717, 1.165) is 5.56 Å². The lowest BCUT2D eigenvalue weighted by atomic mass is 9.95. The number of rotatable bonds is 6. The number of amides is 1. The number of hydrogen-bond donors (Lipinski definition) is 1. The number of carbonyl (C=O) groups excluding carboxylic acids is 1. The first-order valence-corrected chi connectivity index (χ1v) is 8.73. The lowest BCUT2D eigenvalue weighted by Crippen LogP contribution is -2.32. The summed E-state index contributed by atoms with van der Waals surface area (Å²) in [5.74, 6) is 0.550. The van der Waals surface area contributed by atoms with E-state index in [-0.39, 0.29) is 5.56 Å². The number of aromatic nitrogens is 2. The molecule has 7 nitrogen and oxygen atoms in total. The second-order valence-corrected chi connectivity index (χ2v) is 6.04. The zero-order chi connectivity index (χ0) is 20.3. The summed E-state index contributed by atoms with van der Waals surface area (Å²) in [6.07, 6.45) is 0. The van der Waals surface area contributed by atoms with E-state index in [0.29, 0.717) is 34.9 Å². The molecule has 0 unspecified atom stereocenters. The number of nitrogens with two attached hydrogens (primary N) is 1. The molecule has 0 bridgehead atoms. The summed E-state index contributed by atoms with van der Waals surface area (Å²) in [4.78, 5) is 25.0. The molecule has 7 heteroatoms. The summed E-state index contributed by atoms with van der Waals surface area (Å²) < 4.78 is 11.6. The minimum absolute atomic E-state index is 0.0900. The van der Waals surface area contributed by atoms with E-state index < -0.39 is 11.5 Å². The maximum absolute atomic E-state index is 12.8. The third-order valence-corrected chi connectivity index (χ3v) is 4.44. The number of aryl methyl sites for hydroxylation is 1. The van der Waals surface area contributed by atoms with Gasteiger partial charge < -0.3 is 15.2 Å². The molecule has 1 amide bonds. The van der Waals surface area contributed by atoms with E-state index >= 15 is 0 Å². The van der Waals surface area contributed by atoms with E-state index in [1.165, 1.54) is 4.68 Å². The average molecular weight is 379 g/mol. The van der Waals surface area contributed by atoms with Gasteiger partial charge in [0.25, 0.3) is 11.5 Å². The van der Waals surface area contributed by atoms with Gasteiger partial charge in [-0.3, -0.25) is 9.59 Å². The Bertz CT molecular complexity index is 1050. The van der Waals surface area contributed by atoms with Crippen molar-refractivity contribution in [3.8, 4) is 33.9 Å². The first-order valence-electron chi connectivity index (χ1n) is 8.73. The van der Waals surface area contributed by atoms with Gasteiger partial charge in [0, 0.05) is 17.7 Å². The van der Waals surface area contributed by atoms with Crippen LogP contribution in [0.1, 0.15) is 17.3 Å². The van der Waals surface area contributed by atoms with E-state index in [2.05, 4.69) is 5.10 Å². The van der Waals surface area contributed by atoms with Crippen LogP contribution in [0.4, 0.5) is 0 Å². The van der Waals surface area contributed by atoms with Gasteiger partial charge in [-0.25, -0.2) is 4.68 Å². The molecule has 2 N–H and O–H groups in total. The highest BCUT2D eigenvalue weighted by Gasteiger charge is 2.23. The number of benzene rings is 2. The van der Waals surface area contributed by atoms with Gasteiger partial charge in [0.1, 0.15) is 17.1 Å². The van der Waals surface area contributed by atoms with Gasteiger partial charge in [0.15, 0.2) is 0 Å². The highest BCUT2D eigenvalue weighted by Crippen LogP contribution is 2.33. The highest BCUT2D eigenvalue weighted by molar-refractivity contribution is 6.02. The summed E-state index contributed by atoms with van der Waals surface area (Å²) in [6, 6.07) is 14.3. The average Bonchev–Trinajstić information content (AvgIpc) is 2.73. The number of carbonyl (C=O) groups is 1. The van der Waals surface area contributed by atoms with E-state index in [1.54, 1.807) is 57.5 Å². The Kier molecular flexibility index (Phi) is 5.44. The molecule has 0 aliphatic rings. The predicted molar refractivity (Wildman–Crippen MR) is 107 cm³/mol. The Balaban J connectivity index is 2.36. The van der Waals surface area contributed by atoms with Gasteiger partial charge in [-0.2, -0.15) is 5.10 Å². The standard InChI is InChI=1S/C21H21N3O4/c1-4-24-21(26)18(20(22)25)17(13-5-9-15(27-2)10-6-13)19(23-24)14-7-11-16(28-3)12-8-14/h5-12H,4H2,1-3H3,(H2,22,25). The zero-order valence-electron chi connectivity index (χ0n) is 15.9. The van der Waals surface area contributed by atoms with E-state index in [9.17, 15) is 9.59 Å². The number of hydrogen-bond acceptors (Lipinski definition) is 5. The van der Waals surface area contributed by atoms with Gasteiger partial charge >= 0.3 is 0 Å². The molecule has 0 aliphatic heterocycles. The Hall–Kier alpha value is -3.61. The van der Waals surface area contributed by atoms with Crippen LogP contribution in [-0.4, -0.2) is 29.9 Å². The number of methoxy groups -OCH3 is 2. The third kappa shape index (κ3) is 3.46. The molecule has 0 saturated carbocycles. The summed E-state index contributed by atoms with van der Waals surface area (Å²) in [5, 5.41) is 4.50.